The second-order valence-electron chi connectivity index (χ2n) is 3.83. The predicted octanol–water partition coefficient (Wildman–Crippen LogP) is 2.48. The third kappa shape index (κ3) is 9.60. The highest BCUT2D eigenvalue weighted by Gasteiger charge is 2.06. The average molecular weight is 242 g/mol. The van der Waals surface area contributed by atoms with Gasteiger partial charge in [0, 0.05) is 19.3 Å². The fourth-order valence-electron chi connectivity index (χ4n) is 1.20. The van der Waals surface area contributed by atoms with Gasteiger partial charge in [0.15, 0.2) is 0 Å². The Morgan fingerprint density at radius 1 is 1.24 bits per heavy atom. The van der Waals surface area contributed by atoms with Gasteiger partial charge in [-0.3, -0.25) is 9.59 Å². The standard InChI is InChI=1S/C13H22O4/c1-4-7-13(15)17-10-12(5-2)8-6-9-16-11(3)14/h6,8,12H,4-5,7,9-10H2,1-3H3. The van der Waals surface area contributed by atoms with Gasteiger partial charge in [0.25, 0.3) is 0 Å². The van der Waals surface area contributed by atoms with E-state index in [2.05, 4.69) is 0 Å². The van der Waals surface area contributed by atoms with Crippen LogP contribution in [-0.4, -0.2) is 25.2 Å². The molecule has 0 radical (unpaired) electrons. The second-order valence-corrected chi connectivity index (χ2v) is 3.83. The first-order chi connectivity index (χ1) is 8.10. The second kappa shape index (κ2) is 9.87. The maximum Gasteiger partial charge on any atom is 0.305 e. The van der Waals surface area contributed by atoms with Crippen molar-refractivity contribution >= 4 is 11.9 Å². The van der Waals surface area contributed by atoms with Crippen LogP contribution in [0.15, 0.2) is 12.2 Å². The first-order valence-corrected chi connectivity index (χ1v) is 6.05. The van der Waals surface area contributed by atoms with E-state index < -0.39 is 0 Å². The number of esters is 2. The fourth-order valence-corrected chi connectivity index (χ4v) is 1.20. The summed E-state index contributed by atoms with van der Waals surface area (Å²) in [7, 11) is 0. The summed E-state index contributed by atoms with van der Waals surface area (Å²) in [5, 5.41) is 0. The van der Waals surface area contributed by atoms with Crippen molar-refractivity contribution in [1.29, 1.82) is 0 Å². The minimum Gasteiger partial charge on any atom is -0.465 e. The quantitative estimate of drug-likeness (QED) is 0.484. The largest absolute Gasteiger partial charge is 0.465 e. The highest BCUT2D eigenvalue weighted by molar-refractivity contribution is 5.69. The van der Waals surface area contributed by atoms with E-state index in [1.54, 1.807) is 6.08 Å². The van der Waals surface area contributed by atoms with Crippen molar-refractivity contribution < 1.29 is 19.1 Å². The van der Waals surface area contributed by atoms with E-state index in [4.69, 9.17) is 9.47 Å². The Balaban J connectivity index is 3.82. The van der Waals surface area contributed by atoms with Gasteiger partial charge in [-0.2, -0.15) is 0 Å². The smallest absolute Gasteiger partial charge is 0.305 e. The number of rotatable bonds is 8. The molecule has 4 heteroatoms. The maximum atomic E-state index is 11.2. The molecule has 0 heterocycles. The summed E-state index contributed by atoms with van der Waals surface area (Å²) < 4.78 is 9.88. The molecule has 0 rings (SSSR count). The molecule has 1 unspecified atom stereocenters. The summed E-state index contributed by atoms with van der Waals surface area (Å²) in [6.45, 7) is 6.00. The Kier molecular flexibility index (Phi) is 9.11. The lowest BCUT2D eigenvalue weighted by atomic mass is 10.1. The fraction of sp³-hybridized carbons (Fsp3) is 0.692. The molecule has 0 saturated heterocycles. The zero-order valence-corrected chi connectivity index (χ0v) is 10.9. The van der Waals surface area contributed by atoms with Gasteiger partial charge in [-0.05, 0) is 12.8 Å². The van der Waals surface area contributed by atoms with Crippen LogP contribution in [0.1, 0.15) is 40.0 Å². The highest BCUT2D eigenvalue weighted by Crippen LogP contribution is 2.06. The van der Waals surface area contributed by atoms with Crippen molar-refractivity contribution in [2.24, 2.45) is 5.92 Å². The van der Waals surface area contributed by atoms with Crippen LogP contribution in [0.3, 0.4) is 0 Å². The van der Waals surface area contributed by atoms with Gasteiger partial charge < -0.3 is 9.47 Å². The van der Waals surface area contributed by atoms with Crippen molar-refractivity contribution in [3.05, 3.63) is 12.2 Å². The van der Waals surface area contributed by atoms with E-state index in [-0.39, 0.29) is 24.5 Å². The molecule has 4 nitrogen and oxygen atoms in total. The third-order valence-corrected chi connectivity index (χ3v) is 2.23. The van der Waals surface area contributed by atoms with Gasteiger partial charge in [0.1, 0.15) is 6.61 Å². The van der Waals surface area contributed by atoms with Gasteiger partial charge in [-0.15, -0.1) is 0 Å². The molecule has 0 bridgehead atoms. The summed E-state index contributed by atoms with van der Waals surface area (Å²) >= 11 is 0. The van der Waals surface area contributed by atoms with Crippen LogP contribution < -0.4 is 0 Å². The minimum atomic E-state index is -0.294. The minimum absolute atomic E-state index is 0.153. The first kappa shape index (κ1) is 15.7. The van der Waals surface area contributed by atoms with Gasteiger partial charge in [0.2, 0.25) is 0 Å². The first-order valence-electron chi connectivity index (χ1n) is 6.05. The molecule has 0 spiro atoms. The topological polar surface area (TPSA) is 52.6 Å². The normalized spacial score (nSPS) is 12.4. The lowest BCUT2D eigenvalue weighted by molar-refractivity contribution is -0.144. The molecule has 0 fully saturated rings. The Labute approximate surface area is 103 Å². The number of carbonyl (C=O) groups is 2. The number of ether oxygens (including phenoxy) is 2. The SMILES string of the molecule is CCCC(=O)OCC(C=CCOC(C)=O)CC. The lowest BCUT2D eigenvalue weighted by Crippen LogP contribution is -2.12. The summed E-state index contributed by atoms with van der Waals surface area (Å²) in [6.07, 6.45) is 5.85. The zero-order chi connectivity index (χ0) is 13.1. The zero-order valence-electron chi connectivity index (χ0n) is 10.9. The van der Waals surface area contributed by atoms with Crippen molar-refractivity contribution in [2.45, 2.75) is 40.0 Å². The molecule has 0 aliphatic carbocycles. The molecule has 0 aromatic heterocycles. The number of hydrogen-bond acceptors (Lipinski definition) is 4. The van der Waals surface area contributed by atoms with E-state index in [9.17, 15) is 9.59 Å². The molecule has 0 saturated carbocycles. The molecular weight excluding hydrogens is 220 g/mol. The third-order valence-electron chi connectivity index (χ3n) is 2.23. The van der Waals surface area contributed by atoms with Crippen molar-refractivity contribution in [2.75, 3.05) is 13.2 Å². The van der Waals surface area contributed by atoms with Crippen molar-refractivity contribution in [1.82, 2.24) is 0 Å². The molecule has 0 N–H and O–H groups in total. The van der Waals surface area contributed by atoms with Crippen LogP contribution in [-0.2, 0) is 19.1 Å². The average Bonchev–Trinajstić information content (AvgIpc) is 2.28. The van der Waals surface area contributed by atoms with Crippen LogP contribution in [0, 0.1) is 5.92 Å². The number of carbonyl (C=O) groups excluding carboxylic acids is 2. The molecule has 0 aliphatic heterocycles. The van der Waals surface area contributed by atoms with Gasteiger partial charge in [0.05, 0.1) is 6.61 Å². The molecule has 0 aliphatic rings. The summed E-state index contributed by atoms with van der Waals surface area (Å²) in [5.74, 6) is -0.261. The van der Waals surface area contributed by atoms with Crippen molar-refractivity contribution in [3.63, 3.8) is 0 Å². The summed E-state index contributed by atoms with van der Waals surface area (Å²) in [4.78, 5) is 21.7. The van der Waals surface area contributed by atoms with E-state index >= 15 is 0 Å². The van der Waals surface area contributed by atoms with Crippen LogP contribution >= 0.6 is 0 Å². The molecule has 98 valence electrons. The maximum absolute atomic E-state index is 11.2. The van der Waals surface area contributed by atoms with Gasteiger partial charge in [-0.1, -0.05) is 26.0 Å². The van der Waals surface area contributed by atoms with Crippen LogP contribution in [0.4, 0.5) is 0 Å². The Hall–Kier alpha value is -1.32. The van der Waals surface area contributed by atoms with Gasteiger partial charge >= 0.3 is 11.9 Å². The molecule has 0 amide bonds. The predicted molar refractivity (Wildman–Crippen MR) is 65.4 cm³/mol. The Bertz CT molecular complexity index is 258. The number of hydrogen-bond donors (Lipinski definition) is 0. The van der Waals surface area contributed by atoms with E-state index in [0.717, 1.165) is 12.8 Å². The molecule has 17 heavy (non-hydrogen) atoms. The molecule has 1 atom stereocenters. The lowest BCUT2D eigenvalue weighted by Gasteiger charge is -2.10. The highest BCUT2D eigenvalue weighted by atomic mass is 16.5. The molecule has 0 aromatic rings. The van der Waals surface area contributed by atoms with E-state index in [1.807, 2.05) is 19.9 Å². The monoisotopic (exact) mass is 242 g/mol. The van der Waals surface area contributed by atoms with Crippen LogP contribution in [0.25, 0.3) is 0 Å². The van der Waals surface area contributed by atoms with Crippen LogP contribution in [0.2, 0.25) is 0 Å². The van der Waals surface area contributed by atoms with E-state index in [0.29, 0.717) is 13.0 Å². The van der Waals surface area contributed by atoms with Gasteiger partial charge in [-0.25, -0.2) is 0 Å². The van der Waals surface area contributed by atoms with Crippen molar-refractivity contribution in [3.8, 4) is 0 Å². The summed E-state index contributed by atoms with van der Waals surface area (Å²) in [6, 6.07) is 0. The summed E-state index contributed by atoms with van der Waals surface area (Å²) in [5.41, 5.74) is 0. The Morgan fingerprint density at radius 2 is 1.94 bits per heavy atom. The molecule has 0 aromatic carbocycles. The van der Waals surface area contributed by atoms with E-state index in [1.165, 1.54) is 6.92 Å². The molecular formula is C13H22O4. The van der Waals surface area contributed by atoms with Crippen LogP contribution in [0.5, 0.6) is 0 Å². The Morgan fingerprint density at radius 3 is 2.47 bits per heavy atom.